The molecule has 0 amide bonds. The fourth-order valence-electron chi connectivity index (χ4n) is 0. The predicted octanol–water partition coefficient (Wildman–Crippen LogP) is 3.39. The summed E-state index contributed by atoms with van der Waals surface area (Å²) in [5.74, 6) is 0. The van der Waals surface area contributed by atoms with E-state index in [1.54, 1.807) is 23.5 Å². The summed E-state index contributed by atoms with van der Waals surface area (Å²) < 4.78 is 2.01. The largest absolute Gasteiger partial charge is 2.00 e. The van der Waals surface area contributed by atoms with E-state index in [0.717, 1.165) is 8.39 Å². The van der Waals surface area contributed by atoms with Crippen molar-refractivity contribution in [2.24, 2.45) is 0 Å². The Kier molecular flexibility index (Phi) is 23.4. The first kappa shape index (κ1) is 18.3. The van der Waals surface area contributed by atoms with Gasteiger partial charge in [0.05, 0.1) is 0 Å². The molecular formula is C6H12S4Zn+2. The van der Waals surface area contributed by atoms with Crippen LogP contribution >= 0.6 is 48.0 Å². The molecule has 0 saturated heterocycles. The Morgan fingerprint density at radius 2 is 1.00 bits per heavy atom. The summed E-state index contributed by atoms with van der Waals surface area (Å²) in [6, 6.07) is 0. The summed E-state index contributed by atoms with van der Waals surface area (Å²) in [6.07, 6.45) is 3.95. The van der Waals surface area contributed by atoms with Crippen LogP contribution in [0.15, 0.2) is 0 Å². The van der Waals surface area contributed by atoms with Crippen molar-refractivity contribution in [1.82, 2.24) is 0 Å². The maximum atomic E-state index is 4.66. The van der Waals surface area contributed by atoms with E-state index in [2.05, 4.69) is 24.4 Å². The summed E-state index contributed by atoms with van der Waals surface area (Å²) in [6.45, 7) is 3.83. The fraction of sp³-hybridized carbons (Fsp3) is 0.667. The van der Waals surface area contributed by atoms with Crippen LogP contribution in [0.4, 0.5) is 0 Å². The van der Waals surface area contributed by atoms with Crippen molar-refractivity contribution in [3.8, 4) is 0 Å². The van der Waals surface area contributed by atoms with Gasteiger partial charge in [0.25, 0.3) is 0 Å². The normalized spacial score (nSPS) is 6.91. The van der Waals surface area contributed by atoms with E-state index in [1.165, 1.54) is 0 Å². The molecule has 0 unspecified atom stereocenters. The van der Waals surface area contributed by atoms with Gasteiger partial charge in [-0.15, -0.1) is 23.5 Å². The molecule has 11 heavy (non-hydrogen) atoms. The smallest absolute Gasteiger partial charge is 0.123 e. The van der Waals surface area contributed by atoms with E-state index in [0.29, 0.717) is 0 Å². The second kappa shape index (κ2) is 14.1. The van der Waals surface area contributed by atoms with Crippen molar-refractivity contribution >= 4 is 56.4 Å². The second-order valence-electron chi connectivity index (χ2n) is 1.39. The molecule has 0 fully saturated rings. The van der Waals surface area contributed by atoms with Crippen LogP contribution in [0, 0.1) is 0 Å². The van der Waals surface area contributed by atoms with Crippen molar-refractivity contribution in [2.75, 3.05) is 12.5 Å². The van der Waals surface area contributed by atoms with Crippen LogP contribution in [0.1, 0.15) is 13.8 Å². The van der Waals surface area contributed by atoms with E-state index in [4.69, 9.17) is 0 Å². The maximum absolute atomic E-state index is 4.66. The minimum absolute atomic E-state index is 0. The van der Waals surface area contributed by atoms with Crippen molar-refractivity contribution < 1.29 is 19.5 Å². The predicted molar refractivity (Wildman–Crippen MR) is 63.6 cm³/mol. The molecule has 0 rings (SSSR count). The molecule has 0 aliphatic rings. The number of hydrogen-bond acceptors (Lipinski definition) is 4. The molecular weight excluding hydrogens is 266 g/mol. The number of thioether (sulfide) groups is 2. The molecule has 0 aromatic carbocycles. The Bertz CT molecular complexity index is 99.1. The van der Waals surface area contributed by atoms with Gasteiger partial charge in [0.2, 0.25) is 0 Å². The Morgan fingerprint density at radius 1 is 0.909 bits per heavy atom. The minimum Gasteiger partial charge on any atom is -0.123 e. The van der Waals surface area contributed by atoms with E-state index >= 15 is 0 Å². The standard InChI is InChI=1S/2C3H6S2.Zn/c2*1-3(4)5-2;/h2*1-2H3;/q;;+2. The van der Waals surface area contributed by atoms with Crippen LogP contribution < -0.4 is 0 Å². The molecule has 60 valence electrons. The fourth-order valence-corrected chi connectivity index (χ4v) is 0. The first-order chi connectivity index (χ1) is 4.54. The Balaban J connectivity index is -0.000000107. The zero-order chi connectivity index (χ0) is 8.57. The van der Waals surface area contributed by atoms with Gasteiger partial charge in [0, 0.05) is 8.39 Å². The van der Waals surface area contributed by atoms with Crippen LogP contribution in [0.25, 0.3) is 0 Å². The van der Waals surface area contributed by atoms with Crippen LogP contribution in [-0.4, -0.2) is 20.9 Å². The zero-order valence-electron chi connectivity index (χ0n) is 7.34. The zero-order valence-corrected chi connectivity index (χ0v) is 13.6. The third-order valence-corrected chi connectivity index (χ3v) is 2.72. The van der Waals surface area contributed by atoms with Crippen molar-refractivity contribution in [1.29, 1.82) is 0 Å². The van der Waals surface area contributed by atoms with Crippen molar-refractivity contribution in [3.05, 3.63) is 0 Å². The number of thiocarbonyl (C=S) groups is 2. The third-order valence-electron chi connectivity index (χ3n) is 0.575. The van der Waals surface area contributed by atoms with E-state index < -0.39 is 0 Å². The maximum Gasteiger partial charge on any atom is 2.00 e. The van der Waals surface area contributed by atoms with Crippen LogP contribution in [0.5, 0.6) is 0 Å². The van der Waals surface area contributed by atoms with Crippen molar-refractivity contribution in [2.45, 2.75) is 13.8 Å². The molecule has 0 saturated carbocycles. The summed E-state index contributed by atoms with van der Waals surface area (Å²) in [5.41, 5.74) is 0. The van der Waals surface area contributed by atoms with Crippen LogP contribution in [0.3, 0.4) is 0 Å². The SMILES string of the molecule is CSC(C)=S.CSC(C)=S.[Zn+2]. The molecule has 0 bridgehead atoms. The molecule has 0 N–H and O–H groups in total. The summed E-state index contributed by atoms with van der Waals surface area (Å²) in [7, 11) is 0. The van der Waals surface area contributed by atoms with E-state index in [-0.39, 0.29) is 19.5 Å². The van der Waals surface area contributed by atoms with Gasteiger partial charge in [-0.2, -0.15) is 0 Å². The van der Waals surface area contributed by atoms with E-state index in [9.17, 15) is 0 Å². The molecule has 5 heteroatoms. The van der Waals surface area contributed by atoms with Gasteiger partial charge in [0.1, 0.15) is 0 Å². The number of hydrogen-bond donors (Lipinski definition) is 0. The Morgan fingerprint density at radius 3 is 1.00 bits per heavy atom. The quantitative estimate of drug-likeness (QED) is 0.491. The van der Waals surface area contributed by atoms with Gasteiger partial charge < -0.3 is 0 Å². The Hall–Kier alpha value is 1.50. The monoisotopic (exact) mass is 276 g/mol. The molecule has 0 spiro atoms. The molecule has 0 radical (unpaired) electrons. The van der Waals surface area contributed by atoms with Gasteiger partial charge in [-0.05, 0) is 26.4 Å². The molecule has 0 aliphatic heterocycles. The van der Waals surface area contributed by atoms with Crippen LogP contribution in [0.2, 0.25) is 0 Å². The first-order valence-corrected chi connectivity index (χ1v) is 5.90. The van der Waals surface area contributed by atoms with Gasteiger partial charge in [-0.1, -0.05) is 24.4 Å². The summed E-state index contributed by atoms with van der Waals surface area (Å²) in [5, 5.41) is 0. The van der Waals surface area contributed by atoms with Gasteiger partial charge in [-0.25, -0.2) is 0 Å². The molecule has 0 atom stereocenters. The summed E-state index contributed by atoms with van der Waals surface area (Å²) in [4.78, 5) is 0. The third kappa shape index (κ3) is 34.3. The van der Waals surface area contributed by atoms with Crippen molar-refractivity contribution in [3.63, 3.8) is 0 Å². The molecule has 0 aliphatic carbocycles. The Labute approximate surface area is 101 Å². The van der Waals surface area contributed by atoms with Gasteiger partial charge in [0.15, 0.2) is 0 Å². The first-order valence-electron chi connectivity index (χ1n) is 2.63. The second-order valence-corrected chi connectivity index (χ2v) is 5.17. The van der Waals surface area contributed by atoms with Gasteiger partial charge in [-0.3, -0.25) is 0 Å². The topological polar surface area (TPSA) is 0 Å². The minimum atomic E-state index is 0. The molecule has 0 heterocycles. The average molecular weight is 278 g/mol. The van der Waals surface area contributed by atoms with E-state index in [1.807, 2.05) is 26.4 Å². The summed E-state index contributed by atoms with van der Waals surface area (Å²) >= 11 is 12.5. The number of rotatable bonds is 0. The molecule has 0 aromatic heterocycles. The van der Waals surface area contributed by atoms with Crippen LogP contribution in [-0.2, 0) is 19.5 Å². The molecule has 0 nitrogen and oxygen atoms in total. The average Bonchev–Trinajstić information content (AvgIpc) is 1.89. The molecule has 0 aromatic rings. The van der Waals surface area contributed by atoms with Gasteiger partial charge >= 0.3 is 19.5 Å².